The topological polar surface area (TPSA) is 63.4 Å². The van der Waals surface area contributed by atoms with Crippen LogP contribution in [0.4, 0.5) is 5.88 Å². The van der Waals surface area contributed by atoms with E-state index in [-0.39, 0.29) is 21.7 Å². The van der Waals surface area contributed by atoms with E-state index in [0.29, 0.717) is 15.6 Å². The Labute approximate surface area is 167 Å². The van der Waals surface area contributed by atoms with Crippen LogP contribution >= 0.6 is 23.2 Å². The highest BCUT2D eigenvalue weighted by Gasteiger charge is 2.32. The zero-order chi connectivity index (χ0) is 19.0. The molecule has 3 aromatic rings. The van der Waals surface area contributed by atoms with Gasteiger partial charge in [-0.3, -0.25) is 0 Å². The summed E-state index contributed by atoms with van der Waals surface area (Å²) < 4.78 is 32.3. The Morgan fingerprint density at radius 3 is 2.37 bits per heavy atom. The fraction of sp³-hybridized carbons (Fsp3) is 0.211. The van der Waals surface area contributed by atoms with Crippen molar-refractivity contribution in [2.45, 2.75) is 22.8 Å². The van der Waals surface area contributed by atoms with Crippen molar-refractivity contribution in [3.63, 3.8) is 0 Å². The fourth-order valence-corrected chi connectivity index (χ4v) is 4.91. The third-order valence-corrected chi connectivity index (χ3v) is 6.66. The van der Waals surface area contributed by atoms with Crippen molar-refractivity contribution < 1.29 is 12.8 Å². The monoisotopic (exact) mass is 422 g/mol. The van der Waals surface area contributed by atoms with E-state index in [1.165, 1.54) is 0 Å². The first kappa shape index (κ1) is 18.3. The van der Waals surface area contributed by atoms with Gasteiger partial charge in [-0.15, -0.1) is 0 Å². The molecule has 1 saturated heterocycles. The molecule has 8 heteroatoms. The van der Waals surface area contributed by atoms with Crippen molar-refractivity contribution in [1.29, 1.82) is 0 Å². The van der Waals surface area contributed by atoms with Gasteiger partial charge in [-0.25, -0.2) is 8.42 Å². The molecule has 0 radical (unpaired) electrons. The number of hydrogen-bond acceptors (Lipinski definition) is 5. The summed E-state index contributed by atoms with van der Waals surface area (Å²) in [5, 5.41) is 0.740. The Balaban J connectivity index is 1.89. The smallest absolute Gasteiger partial charge is 0.236 e. The van der Waals surface area contributed by atoms with Gasteiger partial charge < -0.3 is 9.32 Å². The first-order valence-electron chi connectivity index (χ1n) is 8.48. The SMILES string of the molecule is O=S(=O)(c1ccccc1)c1nc(-c2ccc(Cl)cc2Cl)oc1N1CCCC1. The summed E-state index contributed by atoms with van der Waals surface area (Å²) in [6, 6.07) is 13.1. The van der Waals surface area contributed by atoms with Crippen LogP contribution < -0.4 is 4.90 Å². The lowest BCUT2D eigenvalue weighted by molar-refractivity contribution is 0.556. The largest absolute Gasteiger partial charge is 0.419 e. The zero-order valence-electron chi connectivity index (χ0n) is 14.2. The van der Waals surface area contributed by atoms with Crippen molar-refractivity contribution in [2.24, 2.45) is 0 Å². The minimum Gasteiger partial charge on any atom is -0.419 e. The lowest BCUT2D eigenvalue weighted by Crippen LogP contribution is -2.19. The summed E-state index contributed by atoms with van der Waals surface area (Å²) in [5.74, 6) is 0.422. The van der Waals surface area contributed by atoms with Crippen molar-refractivity contribution in [1.82, 2.24) is 4.98 Å². The maximum atomic E-state index is 13.2. The third kappa shape index (κ3) is 3.45. The molecule has 0 N–H and O–H groups in total. The molecule has 0 aliphatic carbocycles. The van der Waals surface area contributed by atoms with E-state index >= 15 is 0 Å². The van der Waals surface area contributed by atoms with Crippen LogP contribution in [-0.4, -0.2) is 26.5 Å². The molecular formula is C19H16Cl2N2O3S. The Kier molecular flexibility index (Phi) is 4.88. The highest BCUT2D eigenvalue weighted by molar-refractivity contribution is 7.91. The zero-order valence-corrected chi connectivity index (χ0v) is 16.6. The van der Waals surface area contributed by atoms with Gasteiger partial charge in [0.25, 0.3) is 0 Å². The first-order valence-corrected chi connectivity index (χ1v) is 10.7. The van der Waals surface area contributed by atoms with E-state index in [9.17, 15) is 8.42 Å². The molecule has 0 amide bonds. The first-order chi connectivity index (χ1) is 13.0. The van der Waals surface area contributed by atoms with Gasteiger partial charge >= 0.3 is 0 Å². The van der Waals surface area contributed by atoms with Crippen LogP contribution in [0.15, 0.2) is 62.9 Å². The highest BCUT2D eigenvalue weighted by atomic mass is 35.5. The Morgan fingerprint density at radius 1 is 1.00 bits per heavy atom. The van der Waals surface area contributed by atoms with Crippen LogP contribution in [0.5, 0.6) is 0 Å². The molecule has 140 valence electrons. The van der Waals surface area contributed by atoms with Gasteiger partial charge in [0.2, 0.25) is 26.6 Å². The third-order valence-electron chi connectivity index (χ3n) is 4.44. The van der Waals surface area contributed by atoms with Gasteiger partial charge in [-0.2, -0.15) is 4.98 Å². The standard InChI is InChI=1S/C19H16Cl2N2O3S/c20-13-8-9-15(16(21)12-13)17-22-18(19(26-17)23-10-4-5-11-23)27(24,25)14-6-2-1-3-7-14/h1-3,6-9,12H,4-5,10-11H2. The average Bonchev–Trinajstić information content (AvgIpc) is 3.32. The molecule has 0 unspecified atom stereocenters. The van der Waals surface area contributed by atoms with Crippen molar-refractivity contribution >= 4 is 38.9 Å². The van der Waals surface area contributed by atoms with E-state index < -0.39 is 9.84 Å². The minimum atomic E-state index is -3.83. The molecule has 1 aliphatic heterocycles. The molecule has 0 atom stereocenters. The summed E-state index contributed by atoms with van der Waals surface area (Å²) in [7, 11) is -3.83. The number of hydrogen-bond donors (Lipinski definition) is 0. The summed E-state index contributed by atoms with van der Waals surface area (Å²) >= 11 is 12.2. The van der Waals surface area contributed by atoms with E-state index in [1.807, 2.05) is 4.90 Å². The molecular weight excluding hydrogens is 407 g/mol. The second kappa shape index (κ2) is 7.19. The maximum Gasteiger partial charge on any atom is 0.236 e. The molecule has 0 spiro atoms. The van der Waals surface area contributed by atoms with Crippen LogP contribution in [0.2, 0.25) is 10.0 Å². The van der Waals surface area contributed by atoms with E-state index in [4.69, 9.17) is 27.6 Å². The number of benzene rings is 2. The Morgan fingerprint density at radius 2 is 1.70 bits per heavy atom. The molecule has 0 saturated carbocycles. The van der Waals surface area contributed by atoms with Crippen molar-refractivity contribution in [2.75, 3.05) is 18.0 Å². The van der Waals surface area contributed by atoms with Crippen LogP contribution in [0.25, 0.3) is 11.5 Å². The number of nitrogens with zero attached hydrogens (tertiary/aromatic N) is 2. The van der Waals surface area contributed by atoms with Gasteiger partial charge in [0, 0.05) is 18.1 Å². The normalized spacial score (nSPS) is 14.7. The number of rotatable bonds is 4. The summed E-state index contributed by atoms with van der Waals surface area (Å²) in [6.45, 7) is 1.45. The molecule has 1 aliphatic rings. The van der Waals surface area contributed by atoms with Crippen molar-refractivity contribution in [3.05, 3.63) is 58.6 Å². The molecule has 27 heavy (non-hydrogen) atoms. The highest BCUT2D eigenvalue weighted by Crippen LogP contribution is 2.38. The van der Waals surface area contributed by atoms with Crippen LogP contribution in [0.3, 0.4) is 0 Å². The lowest BCUT2D eigenvalue weighted by Gasteiger charge is -2.14. The van der Waals surface area contributed by atoms with Gasteiger partial charge in [0.15, 0.2) is 0 Å². The van der Waals surface area contributed by atoms with Gasteiger partial charge in [0.1, 0.15) is 0 Å². The Bertz CT molecular complexity index is 1080. The van der Waals surface area contributed by atoms with Gasteiger partial charge in [-0.05, 0) is 43.2 Å². The molecule has 2 aromatic carbocycles. The summed E-state index contributed by atoms with van der Waals surface area (Å²) in [6.07, 6.45) is 1.95. The van der Waals surface area contributed by atoms with Crippen LogP contribution in [0, 0.1) is 0 Å². The minimum absolute atomic E-state index is 0.0865. The van der Waals surface area contributed by atoms with E-state index in [2.05, 4.69) is 4.98 Å². The quantitative estimate of drug-likeness (QED) is 0.586. The lowest BCUT2D eigenvalue weighted by atomic mass is 10.2. The number of sulfone groups is 1. The average molecular weight is 423 g/mol. The number of halogens is 2. The maximum absolute atomic E-state index is 13.2. The number of aromatic nitrogens is 1. The van der Waals surface area contributed by atoms with Crippen LogP contribution in [-0.2, 0) is 9.84 Å². The van der Waals surface area contributed by atoms with Crippen molar-refractivity contribution in [3.8, 4) is 11.5 Å². The second-order valence-corrected chi connectivity index (χ2v) is 8.97. The molecule has 4 rings (SSSR count). The van der Waals surface area contributed by atoms with E-state index in [1.54, 1.807) is 48.5 Å². The molecule has 2 heterocycles. The molecule has 1 fully saturated rings. The number of oxazole rings is 1. The summed E-state index contributed by atoms with van der Waals surface area (Å²) in [5.41, 5.74) is 0.496. The van der Waals surface area contributed by atoms with Gasteiger partial charge in [0.05, 0.1) is 15.5 Å². The molecule has 1 aromatic heterocycles. The fourth-order valence-electron chi connectivity index (χ4n) is 3.08. The second-order valence-electron chi connectivity index (χ2n) is 6.26. The molecule has 0 bridgehead atoms. The molecule has 5 nitrogen and oxygen atoms in total. The van der Waals surface area contributed by atoms with E-state index in [0.717, 1.165) is 25.9 Å². The van der Waals surface area contributed by atoms with Gasteiger partial charge in [-0.1, -0.05) is 41.4 Å². The predicted octanol–water partition coefficient (Wildman–Crippen LogP) is 5.08. The number of anilines is 1. The Hall–Kier alpha value is -2.02. The van der Waals surface area contributed by atoms with Crippen LogP contribution in [0.1, 0.15) is 12.8 Å². The predicted molar refractivity (Wildman–Crippen MR) is 105 cm³/mol. The summed E-state index contributed by atoms with van der Waals surface area (Å²) in [4.78, 5) is 6.43.